The average Bonchev–Trinajstić information content (AvgIpc) is 3.52. The molecule has 0 spiro atoms. The minimum atomic E-state index is -2.05. The zero-order chi connectivity index (χ0) is 38.3. The van der Waals surface area contributed by atoms with Gasteiger partial charge in [0, 0.05) is 11.1 Å². The molecule has 0 fully saturated rings. The molecule has 2 heterocycles. The van der Waals surface area contributed by atoms with Crippen molar-refractivity contribution in [3.8, 4) is 89.5 Å². The van der Waals surface area contributed by atoms with E-state index < -0.39 is 8.07 Å². The second kappa shape index (κ2) is 14.3. The highest BCUT2D eigenvalue weighted by Gasteiger charge is 2.41. The molecule has 0 N–H and O–H groups in total. The zero-order valence-electron chi connectivity index (χ0n) is 32.0. The lowest BCUT2D eigenvalue weighted by Crippen LogP contribution is -2.50. The Morgan fingerprint density at radius 1 is 0.298 bits per heavy atom. The van der Waals surface area contributed by atoms with E-state index >= 15 is 0 Å². The Morgan fingerprint density at radius 3 is 1.16 bits per heavy atom. The first-order valence-electron chi connectivity index (χ1n) is 19.6. The van der Waals surface area contributed by atoms with Crippen molar-refractivity contribution in [3.05, 3.63) is 206 Å². The lowest BCUT2D eigenvalue weighted by atomic mass is 9.91. The molecule has 57 heavy (non-hydrogen) atoms. The summed E-state index contributed by atoms with van der Waals surface area (Å²) in [6.07, 6.45) is 0. The van der Waals surface area contributed by atoms with E-state index in [0.29, 0.717) is 0 Å². The monoisotopic (exact) mass is 744 g/mol. The van der Waals surface area contributed by atoms with Gasteiger partial charge in [-0.3, -0.25) is 0 Å². The summed E-state index contributed by atoms with van der Waals surface area (Å²) in [5.41, 5.74) is 17.3. The Morgan fingerprint density at radius 2 is 0.649 bits per heavy atom. The molecule has 270 valence electrons. The minimum absolute atomic E-state index is 0.749. The molecule has 1 aliphatic rings. The van der Waals surface area contributed by atoms with Crippen molar-refractivity contribution >= 4 is 18.4 Å². The molecule has 0 bridgehead atoms. The molecule has 3 heteroatoms. The summed E-state index contributed by atoms with van der Waals surface area (Å²) in [4.78, 5) is 10.8. The van der Waals surface area contributed by atoms with E-state index in [4.69, 9.17) is 9.97 Å². The largest absolute Gasteiger partial charge is 0.228 e. The minimum Gasteiger partial charge on any atom is -0.228 e. The van der Waals surface area contributed by atoms with E-state index in [2.05, 4.69) is 219 Å². The molecule has 8 aromatic carbocycles. The van der Waals surface area contributed by atoms with Crippen LogP contribution in [0.15, 0.2) is 206 Å². The third-order valence-electron chi connectivity index (χ3n) is 11.4. The standard InChI is InChI=1S/C54H40N2Si/c1-57(2)50-30-13-12-29-49(50)52-53(57)51(39-21-10-5-11-22-39)55-54(56-52)45-28-16-27-44(33-45)48-35-46(42-25-14-23-40(31-42)37-17-6-3-7-18-37)34-47(36-48)43-26-15-24-41(32-43)38-19-8-4-9-20-38/h3-36H,1-2H3. The molecule has 0 unspecified atom stereocenters. The Hall–Kier alpha value is -6.94. The molecule has 0 amide bonds. The fourth-order valence-electron chi connectivity index (χ4n) is 8.53. The molecule has 0 saturated heterocycles. The molecule has 0 radical (unpaired) electrons. The third kappa shape index (κ3) is 6.42. The number of hydrogen-bond donors (Lipinski definition) is 0. The quantitative estimate of drug-likeness (QED) is 0.152. The third-order valence-corrected chi connectivity index (χ3v) is 14.9. The summed E-state index contributed by atoms with van der Waals surface area (Å²) >= 11 is 0. The van der Waals surface area contributed by atoms with Gasteiger partial charge in [0.1, 0.15) is 8.07 Å². The van der Waals surface area contributed by atoms with Crippen LogP contribution in [-0.2, 0) is 0 Å². The summed E-state index contributed by atoms with van der Waals surface area (Å²) < 4.78 is 0. The average molecular weight is 745 g/mol. The van der Waals surface area contributed by atoms with Gasteiger partial charge < -0.3 is 0 Å². The van der Waals surface area contributed by atoms with Gasteiger partial charge in [-0.15, -0.1) is 0 Å². The van der Waals surface area contributed by atoms with Gasteiger partial charge in [0.25, 0.3) is 0 Å². The van der Waals surface area contributed by atoms with E-state index in [0.717, 1.165) is 39.5 Å². The first kappa shape index (κ1) is 34.5. The van der Waals surface area contributed by atoms with Crippen molar-refractivity contribution in [1.82, 2.24) is 9.97 Å². The van der Waals surface area contributed by atoms with Gasteiger partial charge in [-0.2, -0.15) is 0 Å². The summed E-state index contributed by atoms with van der Waals surface area (Å²) in [5, 5.41) is 2.75. The maximum atomic E-state index is 5.43. The SMILES string of the molecule is C[Si]1(C)c2ccccc2-c2nc(-c3cccc(-c4cc(-c5cccc(-c6ccccc6)c5)cc(-c5cccc(-c6ccccc6)c5)c4)c3)nc(-c3ccccc3)c21. The van der Waals surface area contributed by atoms with E-state index in [-0.39, 0.29) is 0 Å². The normalized spacial score (nSPS) is 12.5. The molecule has 0 saturated carbocycles. The number of aromatic nitrogens is 2. The lowest BCUT2D eigenvalue weighted by Gasteiger charge is -2.21. The summed E-state index contributed by atoms with van der Waals surface area (Å²) in [6.45, 7) is 4.87. The predicted octanol–water partition coefficient (Wildman–Crippen LogP) is 12.9. The molecule has 2 nitrogen and oxygen atoms in total. The first-order chi connectivity index (χ1) is 28.0. The number of rotatable bonds is 7. The Balaban J connectivity index is 1.14. The van der Waals surface area contributed by atoms with Gasteiger partial charge in [-0.05, 0) is 108 Å². The van der Waals surface area contributed by atoms with Crippen molar-refractivity contribution in [2.45, 2.75) is 13.1 Å². The zero-order valence-corrected chi connectivity index (χ0v) is 33.0. The Kier molecular flexibility index (Phi) is 8.66. The predicted molar refractivity (Wildman–Crippen MR) is 242 cm³/mol. The van der Waals surface area contributed by atoms with Gasteiger partial charge in [0.2, 0.25) is 0 Å². The second-order valence-corrected chi connectivity index (χ2v) is 19.7. The number of nitrogens with zero attached hydrogens (tertiary/aromatic N) is 2. The van der Waals surface area contributed by atoms with Gasteiger partial charge in [0.05, 0.1) is 11.4 Å². The molecule has 1 aliphatic heterocycles. The maximum Gasteiger partial charge on any atom is 0.160 e. The topological polar surface area (TPSA) is 25.8 Å². The highest BCUT2D eigenvalue weighted by molar-refractivity contribution is 7.04. The first-order valence-corrected chi connectivity index (χ1v) is 22.6. The summed E-state index contributed by atoms with van der Waals surface area (Å²) in [6, 6.07) is 74.3. The van der Waals surface area contributed by atoms with Gasteiger partial charge in [0.15, 0.2) is 5.82 Å². The van der Waals surface area contributed by atoms with Gasteiger partial charge in [-0.1, -0.05) is 183 Å². The van der Waals surface area contributed by atoms with Crippen LogP contribution < -0.4 is 10.4 Å². The second-order valence-electron chi connectivity index (χ2n) is 15.4. The number of benzene rings is 8. The van der Waals surface area contributed by atoms with Crippen LogP contribution in [0.4, 0.5) is 0 Å². The molecule has 9 aromatic rings. The van der Waals surface area contributed by atoms with Crippen LogP contribution in [-0.4, -0.2) is 18.0 Å². The smallest absolute Gasteiger partial charge is 0.160 e. The van der Waals surface area contributed by atoms with E-state index in [1.165, 1.54) is 60.4 Å². The lowest BCUT2D eigenvalue weighted by molar-refractivity contribution is 1.20. The van der Waals surface area contributed by atoms with Crippen LogP contribution in [0, 0.1) is 0 Å². The van der Waals surface area contributed by atoms with E-state index in [1.807, 2.05) is 0 Å². The highest BCUT2D eigenvalue weighted by atomic mass is 28.3. The molecule has 1 aromatic heterocycles. The van der Waals surface area contributed by atoms with Crippen molar-refractivity contribution in [1.29, 1.82) is 0 Å². The van der Waals surface area contributed by atoms with Crippen molar-refractivity contribution in [3.63, 3.8) is 0 Å². The van der Waals surface area contributed by atoms with Crippen LogP contribution in [0.2, 0.25) is 13.1 Å². The maximum absolute atomic E-state index is 5.43. The van der Waals surface area contributed by atoms with E-state index in [9.17, 15) is 0 Å². The van der Waals surface area contributed by atoms with Gasteiger partial charge in [-0.25, -0.2) is 9.97 Å². The van der Waals surface area contributed by atoms with Crippen LogP contribution in [0.1, 0.15) is 0 Å². The summed E-state index contributed by atoms with van der Waals surface area (Å²) in [7, 11) is -2.05. The van der Waals surface area contributed by atoms with Crippen LogP contribution in [0.5, 0.6) is 0 Å². The summed E-state index contributed by atoms with van der Waals surface area (Å²) in [5.74, 6) is 0.749. The number of hydrogen-bond acceptors (Lipinski definition) is 2. The molecular formula is C54H40N2Si. The molecular weight excluding hydrogens is 705 g/mol. The molecule has 10 rings (SSSR count). The highest BCUT2D eigenvalue weighted by Crippen LogP contribution is 2.38. The van der Waals surface area contributed by atoms with Gasteiger partial charge >= 0.3 is 0 Å². The molecule has 0 aliphatic carbocycles. The van der Waals surface area contributed by atoms with Crippen LogP contribution in [0.25, 0.3) is 89.5 Å². The fraction of sp³-hybridized carbons (Fsp3) is 0.0370. The number of fused-ring (bicyclic) bond motifs is 3. The van der Waals surface area contributed by atoms with Crippen molar-refractivity contribution < 1.29 is 0 Å². The Labute approximate surface area is 335 Å². The fourth-order valence-corrected chi connectivity index (χ4v) is 11.8. The van der Waals surface area contributed by atoms with Crippen LogP contribution >= 0.6 is 0 Å². The Bertz CT molecular complexity index is 2820. The molecule has 0 atom stereocenters. The van der Waals surface area contributed by atoms with Crippen molar-refractivity contribution in [2.75, 3.05) is 0 Å². The van der Waals surface area contributed by atoms with Crippen LogP contribution in [0.3, 0.4) is 0 Å². The van der Waals surface area contributed by atoms with Crippen molar-refractivity contribution in [2.24, 2.45) is 0 Å². The van der Waals surface area contributed by atoms with E-state index in [1.54, 1.807) is 0 Å².